The lowest BCUT2D eigenvalue weighted by molar-refractivity contribution is 0.106. The zero-order valence-electron chi connectivity index (χ0n) is 8.62. The summed E-state index contributed by atoms with van der Waals surface area (Å²) in [6.07, 6.45) is 1.76. The minimum Gasteiger partial charge on any atom is -0.380 e. The van der Waals surface area contributed by atoms with Gasteiger partial charge in [0.2, 0.25) is 0 Å². The molecule has 0 spiro atoms. The van der Waals surface area contributed by atoms with Crippen LogP contribution in [0, 0.1) is 0 Å². The third kappa shape index (κ3) is 3.16. The molecule has 0 saturated carbocycles. The fourth-order valence-corrected chi connectivity index (χ4v) is 1.13. The Bertz CT molecular complexity index is 276. The number of ether oxygens (including phenoxy) is 1. The molecule has 78 valence electrons. The van der Waals surface area contributed by atoms with Crippen LogP contribution in [0.15, 0.2) is 18.3 Å². The number of hydrogen-bond donors (Lipinski definition) is 1. The van der Waals surface area contributed by atoms with E-state index in [4.69, 9.17) is 16.3 Å². The molecule has 0 amide bonds. The first kappa shape index (κ1) is 11.3. The predicted molar refractivity (Wildman–Crippen MR) is 58.8 cm³/mol. The summed E-state index contributed by atoms with van der Waals surface area (Å²) < 4.78 is 5.19. The third-order valence-electron chi connectivity index (χ3n) is 2.18. The van der Waals surface area contributed by atoms with Gasteiger partial charge in [-0.05, 0) is 26.0 Å². The van der Waals surface area contributed by atoms with E-state index in [2.05, 4.69) is 10.3 Å². The highest BCUT2D eigenvalue weighted by molar-refractivity contribution is 6.30. The van der Waals surface area contributed by atoms with Crippen LogP contribution in [0.1, 0.15) is 13.8 Å². The van der Waals surface area contributed by atoms with Crippen molar-refractivity contribution in [2.45, 2.75) is 26.0 Å². The van der Waals surface area contributed by atoms with E-state index in [1.165, 1.54) is 0 Å². The van der Waals surface area contributed by atoms with Crippen molar-refractivity contribution in [1.82, 2.24) is 4.98 Å². The van der Waals surface area contributed by atoms with E-state index in [1.807, 2.05) is 19.9 Å². The minimum absolute atomic E-state index is 0.146. The Kier molecular flexibility index (Phi) is 4.17. The average Bonchev–Trinajstić information content (AvgIpc) is 2.20. The van der Waals surface area contributed by atoms with Gasteiger partial charge in [-0.2, -0.15) is 0 Å². The summed E-state index contributed by atoms with van der Waals surface area (Å²) >= 11 is 5.72. The number of nitrogens with zero attached hydrogens (tertiary/aromatic N) is 1. The zero-order valence-corrected chi connectivity index (χ0v) is 9.38. The quantitative estimate of drug-likeness (QED) is 0.837. The van der Waals surface area contributed by atoms with Gasteiger partial charge < -0.3 is 10.1 Å². The molecule has 1 heterocycles. The summed E-state index contributed by atoms with van der Waals surface area (Å²) in [4.78, 5) is 4.14. The Labute approximate surface area is 89.4 Å². The fraction of sp³-hybridized carbons (Fsp3) is 0.500. The molecule has 1 N–H and O–H groups in total. The molecule has 0 aliphatic carbocycles. The maximum Gasteiger partial charge on any atom is 0.126 e. The van der Waals surface area contributed by atoms with Crippen LogP contribution in [-0.4, -0.2) is 24.2 Å². The number of methoxy groups -OCH3 is 1. The standard InChI is InChI=1S/C10H15ClN2O/c1-7(8(2)14-3)13-10-5-4-9(11)6-12-10/h4-8H,1-3H3,(H,12,13)/t7-,8?/m0/s1. The monoisotopic (exact) mass is 214 g/mol. The molecular formula is C10H15ClN2O. The molecule has 2 atom stereocenters. The van der Waals surface area contributed by atoms with Crippen LogP contribution in [0.4, 0.5) is 5.82 Å². The lowest BCUT2D eigenvalue weighted by atomic mass is 10.2. The van der Waals surface area contributed by atoms with Crippen LogP contribution in [0.5, 0.6) is 0 Å². The van der Waals surface area contributed by atoms with E-state index < -0.39 is 0 Å². The lowest BCUT2D eigenvalue weighted by Gasteiger charge is -2.20. The van der Waals surface area contributed by atoms with Gasteiger partial charge in [-0.25, -0.2) is 4.98 Å². The molecule has 3 nitrogen and oxygen atoms in total. The Hall–Kier alpha value is -0.800. The molecule has 1 aromatic rings. The van der Waals surface area contributed by atoms with Crippen LogP contribution in [0.2, 0.25) is 5.02 Å². The second kappa shape index (κ2) is 5.17. The normalized spacial score (nSPS) is 14.9. The van der Waals surface area contributed by atoms with Gasteiger partial charge in [0.05, 0.1) is 17.2 Å². The largest absolute Gasteiger partial charge is 0.380 e. The van der Waals surface area contributed by atoms with Gasteiger partial charge in [0, 0.05) is 13.3 Å². The first-order chi connectivity index (χ1) is 6.63. The molecule has 1 aromatic heterocycles. The Morgan fingerprint density at radius 1 is 1.43 bits per heavy atom. The van der Waals surface area contributed by atoms with Gasteiger partial charge in [0.15, 0.2) is 0 Å². The Morgan fingerprint density at radius 3 is 2.64 bits per heavy atom. The molecule has 0 radical (unpaired) electrons. The molecule has 14 heavy (non-hydrogen) atoms. The number of hydrogen-bond acceptors (Lipinski definition) is 3. The van der Waals surface area contributed by atoms with E-state index in [-0.39, 0.29) is 12.1 Å². The van der Waals surface area contributed by atoms with E-state index in [1.54, 1.807) is 19.4 Å². The highest BCUT2D eigenvalue weighted by Gasteiger charge is 2.10. The van der Waals surface area contributed by atoms with Crippen LogP contribution in [-0.2, 0) is 4.74 Å². The van der Waals surface area contributed by atoms with Crippen LogP contribution >= 0.6 is 11.6 Å². The van der Waals surface area contributed by atoms with Crippen LogP contribution in [0.25, 0.3) is 0 Å². The van der Waals surface area contributed by atoms with Crippen molar-refractivity contribution < 1.29 is 4.74 Å². The van der Waals surface area contributed by atoms with Gasteiger partial charge in [0.1, 0.15) is 5.82 Å². The number of halogens is 1. The molecule has 0 aromatic carbocycles. The van der Waals surface area contributed by atoms with Crippen molar-refractivity contribution in [3.05, 3.63) is 23.4 Å². The topological polar surface area (TPSA) is 34.1 Å². The first-order valence-corrected chi connectivity index (χ1v) is 4.92. The minimum atomic E-state index is 0.146. The summed E-state index contributed by atoms with van der Waals surface area (Å²) in [6, 6.07) is 3.87. The van der Waals surface area contributed by atoms with Crippen LogP contribution in [0.3, 0.4) is 0 Å². The maximum absolute atomic E-state index is 5.72. The van der Waals surface area contributed by atoms with E-state index in [0.717, 1.165) is 5.82 Å². The summed E-state index contributed by atoms with van der Waals surface area (Å²) in [6.45, 7) is 4.05. The summed E-state index contributed by atoms with van der Waals surface area (Å²) in [7, 11) is 1.69. The Morgan fingerprint density at radius 2 is 2.14 bits per heavy atom. The van der Waals surface area contributed by atoms with Crippen molar-refractivity contribution in [1.29, 1.82) is 0 Å². The SMILES string of the molecule is COC(C)[C@H](C)Nc1ccc(Cl)cn1. The molecular weight excluding hydrogens is 200 g/mol. The third-order valence-corrected chi connectivity index (χ3v) is 2.40. The molecule has 1 unspecified atom stereocenters. The number of anilines is 1. The van der Waals surface area contributed by atoms with Crippen LogP contribution < -0.4 is 5.32 Å². The molecule has 0 saturated heterocycles. The van der Waals surface area contributed by atoms with Crippen molar-refractivity contribution >= 4 is 17.4 Å². The summed E-state index contributed by atoms with van der Waals surface area (Å²) in [5.41, 5.74) is 0. The first-order valence-electron chi connectivity index (χ1n) is 4.54. The molecule has 0 bridgehead atoms. The van der Waals surface area contributed by atoms with Crippen molar-refractivity contribution in [3.8, 4) is 0 Å². The molecule has 0 fully saturated rings. The van der Waals surface area contributed by atoms with Gasteiger partial charge in [-0.3, -0.25) is 0 Å². The highest BCUT2D eigenvalue weighted by atomic mass is 35.5. The highest BCUT2D eigenvalue weighted by Crippen LogP contribution is 2.11. The second-order valence-corrected chi connectivity index (χ2v) is 3.67. The van der Waals surface area contributed by atoms with Crippen molar-refractivity contribution in [2.75, 3.05) is 12.4 Å². The molecule has 1 rings (SSSR count). The molecule has 4 heteroatoms. The van der Waals surface area contributed by atoms with Crippen molar-refractivity contribution in [3.63, 3.8) is 0 Å². The van der Waals surface area contributed by atoms with E-state index in [9.17, 15) is 0 Å². The number of aromatic nitrogens is 1. The summed E-state index contributed by atoms with van der Waals surface area (Å²) in [5, 5.41) is 3.87. The zero-order chi connectivity index (χ0) is 10.6. The predicted octanol–water partition coefficient (Wildman–Crippen LogP) is 2.57. The van der Waals surface area contributed by atoms with Gasteiger partial charge in [-0.15, -0.1) is 0 Å². The van der Waals surface area contributed by atoms with Gasteiger partial charge in [-0.1, -0.05) is 11.6 Å². The van der Waals surface area contributed by atoms with E-state index in [0.29, 0.717) is 5.02 Å². The second-order valence-electron chi connectivity index (χ2n) is 3.24. The van der Waals surface area contributed by atoms with Gasteiger partial charge >= 0.3 is 0 Å². The molecule has 0 aliphatic heterocycles. The smallest absolute Gasteiger partial charge is 0.126 e. The Balaban J connectivity index is 2.56. The van der Waals surface area contributed by atoms with E-state index >= 15 is 0 Å². The number of pyridine rings is 1. The summed E-state index contributed by atoms with van der Waals surface area (Å²) in [5.74, 6) is 0.811. The fourth-order valence-electron chi connectivity index (χ4n) is 1.02. The van der Waals surface area contributed by atoms with Crippen molar-refractivity contribution in [2.24, 2.45) is 0 Å². The average molecular weight is 215 g/mol. The number of rotatable bonds is 4. The lowest BCUT2D eigenvalue weighted by Crippen LogP contribution is -2.29. The van der Waals surface area contributed by atoms with Gasteiger partial charge in [0.25, 0.3) is 0 Å². The molecule has 0 aliphatic rings. The number of nitrogens with one attached hydrogen (secondary N) is 1. The maximum atomic E-state index is 5.72.